The Labute approximate surface area is 185 Å². The lowest BCUT2D eigenvalue weighted by atomic mass is 9.96. The van der Waals surface area contributed by atoms with E-state index in [-0.39, 0.29) is 18.0 Å². The fraction of sp³-hybridized carbons (Fsp3) is 0.455. The molecule has 2 heterocycles. The van der Waals surface area contributed by atoms with Gasteiger partial charge in [0.1, 0.15) is 5.82 Å². The summed E-state index contributed by atoms with van der Waals surface area (Å²) in [6.07, 6.45) is 7.24. The van der Waals surface area contributed by atoms with Gasteiger partial charge in [0.2, 0.25) is 5.91 Å². The molecule has 1 saturated carbocycles. The molecule has 3 aromatic rings. The monoisotopic (exact) mass is 440 g/mol. The van der Waals surface area contributed by atoms with Gasteiger partial charge in [0.25, 0.3) is 0 Å². The number of anilines is 1. The summed E-state index contributed by atoms with van der Waals surface area (Å²) in [6, 6.07) is 7.94. The average Bonchev–Trinajstić information content (AvgIpc) is 3.39. The second kappa shape index (κ2) is 10.4. The van der Waals surface area contributed by atoms with Crippen molar-refractivity contribution >= 4 is 39.4 Å². The quantitative estimate of drug-likeness (QED) is 0.427. The summed E-state index contributed by atoms with van der Waals surface area (Å²) in [5, 5.41) is 11.2. The van der Waals surface area contributed by atoms with Crippen LogP contribution in [0.1, 0.15) is 50.0 Å². The number of hydrogen-bond donors (Lipinski definition) is 4. The maximum atomic E-state index is 12.1. The van der Waals surface area contributed by atoms with E-state index >= 15 is 0 Å². The topological polar surface area (TPSA) is 112 Å². The number of benzene rings is 1. The lowest BCUT2D eigenvalue weighted by Gasteiger charge is -2.22. The molecule has 1 aromatic carbocycles. The molecule has 0 atom stereocenters. The molecular formula is C22H28N6O2S. The Bertz CT molecular complexity index is 991. The van der Waals surface area contributed by atoms with Gasteiger partial charge >= 0.3 is 6.03 Å². The number of aromatic nitrogens is 3. The van der Waals surface area contributed by atoms with Crippen LogP contribution in [0.15, 0.2) is 29.6 Å². The Balaban J connectivity index is 1.15. The number of rotatable bonds is 8. The minimum Gasteiger partial charge on any atom is -0.356 e. The number of H-pyrrole nitrogens is 1. The van der Waals surface area contributed by atoms with Crippen LogP contribution in [0.5, 0.6) is 0 Å². The van der Waals surface area contributed by atoms with Gasteiger partial charge in [-0.3, -0.25) is 10.1 Å². The number of hydrogen-bond acceptors (Lipinski definition) is 5. The van der Waals surface area contributed by atoms with Crippen LogP contribution in [0.2, 0.25) is 0 Å². The van der Waals surface area contributed by atoms with Crippen LogP contribution in [0.25, 0.3) is 11.0 Å². The molecule has 31 heavy (non-hydrogen) atoms. The number of imidazole rings is 1. The first-order chi connectivity index (χ1) is 15.2. The second-order valence-electron chi connectivity index (χ2n) is 7.88. The van der Waals surface area contributed by atoms with Crippen LogP contribution in [0.3, 0.4) is 0 Å². The number of fused-ring (bicyclic) bond motifs is 1. The summed E-state index contributed by atoms with van der Waals surface area (Å²) in [5.74, 6) is 0.844. The fourth-order valence-electron chi connectivity index (χ4n) is 3.82. The lowest BCUT2D eigenvalue weighted by molar-refractivity contribution is -0.121. The molecule has 1 fully saturated rings. The molecule has 4 N–H and O–H groups in total. The summed E-state index contributed by atoms with van der Waals surface area (Å²) in [7, 11) is 0. The third kappa shape index (κ3) is 6.27. The Morgan fingerprint density at radius 1 is 1.10 bits per heavy atom. The first-order valence-corrected chi connectivity index (χ1v) is 11.8. The molecule has 0 radical (unpaired) electrons. The van der Waals surface area contributed by atoms with Crippen LogP contribution in [0.4, 0.5) is 9.93 Å². The van der Waals surface area contributed by atoms with Gasteiger partial charge in [-0.05, 0) is 31.4 Å². The molecule has 9 heteroatoms. The van der Waals surface area contributed by atoms with Gasteiger partial charge in [-0.15, -0.1) is 11.3 Å². The molecule has 2 aromatic heterocycles. The van der Waals surface area contributed by atoms with Gasteiger partial charge in [0.05, 0.1) is 16.7 Å². The van der Waals surface area contributed by atoms with E-state index in [2.05, 4.69) is 30.9 Å². The normalized spacial score (nSPS) is 14.5. The van der Waals surface area contributed by atoms with Crippen molar-refractivity contribution in [1.29, 1.82) is 0 Å². The number of aromatic amines is 1. The number of nitrogens with one attached hydrogen (secondary N) is 4. The molecule has 4 rings (SSSR count). The number of para-hydroxylation sites is 2. The minimum absolute atomic E-state index is 0.0198. The summed E-state index contributed by atoms with van der Waals surface area (Å²) < 4.78 is 0. The van der Waals surface area contributed by atoms with E-state index in [1.54, 1.807) is 0 Å². The molecule has 164 valence electrons. The standard InChI is InChI=1S/C22H28N6O2S/c29-20(23-13-12-19-26-17-8-4-5-9-18(17)27-19)11-10-16-14-31-22(25-16)28-21(30)24-15-6-2-1-3-7-15/h4-5,8-9,14-15H,1-3,6-7,10-13H2,(H,23,29)(H,26,27)(H2,24,25,28,30). The summed E-state index contributed by atoms with van der Waals surface area (Å²) in [5.41, 5.74) is 2.75. The number of aryl methyl sites for hydroxylation is 1. The fourth-order valence-corrected chi connectivity index (χ4v) is 4.56. The van der Waals surface area contributed by atoms with Gasteiger partial charge in [-0.25, -0.2) is 14.8 Å². The van der Waals surface area contributed by atoms with Gasteiger partial charge < -0.3 is 15.6 Å². The molecule has 0 saturated heterocycles. The predicted octanol–water partition coefficient (Wildman–Crippen LogP) is 3.77. The SMILES string of the molecule is O=C(CCc1csc(NC(=O)NC2CCCCC2)n1)NCCc1nc2ccccc2[nH]1. The number of thiazole rings is 1. The van der Waals surface area contributed by atoms with Gasteiger partial charge in [-0.2, -0.15) is 0 Å². The van der Waals surface area contributed by atoms with E-state index < -0.39 is 0 Å². The maximum Gasteiger partial charge on any atom is 0.321 e. The van der Waals surface area contributed by atoms with Crippen molar-refractivity contribution in [2.45, 2.75) is 57.4 Å². The van der Waals surface area contributed by atoms with Gasteiger partial charge in [0.15, 0.2) is 5.13 Å². The Morgan fingerprint density at radius 3 is 2.77 bits per heavy atom. The Hall–Kier alpha value is -2.94. The number of nitrogens with zero attached hydrogens (tertiary/aromatic N) is 2. The Kier molecular flexibility index (Phi) is 7.14. The van der Waals surface area contributed by atoms with E-state index in [1.165, 1.54) is 30.6 Å². The summed E-state index contributed by atoms with van der Waals surface area (Å²) in [6.45, 7) is 0.532. The number of carbonyl (C=O) groups excluding carboxylic acids is 2. The van der Waals surface area contributed by atoms with E-state index in [1.807, 2.05) is 29.6 Å². The number of amides is 3. The van der Waals surface area contributed by atoms with E-state index in [4.69, 9.17) is 0 Å². The number of urea groups is 1. The van der Waals surface area contributed by atoms with E-state index in [9.17, 15) is 9.59 Å². The molecule has 0 spiro atoms. The van der Waals surface area contributed by atoms with E-state index in [0.717, 1.165) is 35.4 Å². The molecule has 8 nitrogen and oxygen atoms in total. The molecule has 3 amide bonds. The highest BCUT2D eigenvalue weighted by Gasteiger charge is 2.16. The zero-order valence-corrected chi connectivity index (χ0v) is 18.3. The molecule has 0 aliphatic heterocycles. The van der Waals surface area contributed by atoms with Crippen LogP contribution >= 0.6 is 11.3 Å². The molecule has 1 aliphatic rings. The highest BCUT2D eigenvalue weighted by atomic mass is 32.1. The highest BCUT2D eigenvalue weighted by Crippen LogP contribution is 2.19. The third-order valence-corrected chi connectivity index (χ3v) is 6.25. The molecule has 0 bridgehead atoms. The first-order valence-electron chi connectivity index (χ1n) is 10.9. The first kappa shape index (κ1) is 21.3. The highest BCUT2D eigenvalue weighted by molar-refractivity contribution is 7.13. The molecule has 1 aliphatic carbocycles. The van der Waals surface area contributed by atoms with Crippen molar-refractivity contribution in [1.82, 2.24) is 25.6 Å². The van der Waals surface area contributed by atoms with Crippen molar-refractivity contribution in [3.8, 4) is 0 Å². The predicted molar refractivity (Wildman–Crippen MR) is 122 cm³/mol. The largest absolute Gasteiger partial charge is 0.356 e. The maximum absolute atomic E-state index is 12.1. The van der Waals surface area contributed by atoms with Crippen LogP contribution in [0, 0.1) is 0 Å². The van der Waals surface area contributed by atoms with Crippen molar-refractivity contribution in [2.75, 3.05) is 11.9 Å². The molecular weight excluding hydrogens is 412 g/mol. The number of carbonyl (C=O) groups is 2. The lowest BCUT2D eigenvalue weighted by Crippen LogP contribution is -2.39. The van der Waals surface area contributed by atoms with E-state index in [0.29, 0.717) is 30.9 Å². The van der Waals surface area contributed by atoms with Crippen LogP contribution in [-0.4, -0.2) is 39.5 Å². The van der Waals surface area contributed by atoms with Crippen molar-refractivity contribution in [3.05, 3.63) is 41.2 Å². The summed E-state index contributed by atoms with van der Waals surface area (Å²) in [4.78, 5) is 36.5. The zero-order chi connectivity index (χ0) is 21.5. The van der Waals surface area contributed by atoms with Crippen molar-refractivity contribution < 1.29 is 9.59 Å². The van der Waals surface area contributed by atoms with Crippen molar-refractivity contribution in [2.24, 2.45) is 0 Å². The van der Waals surface area contributed by atoms with Crippen molar-refractivity contribution in [3.63, 3.8) is 0 Å². The average molecular weight is 441 g/mol. The molecule has 0 unspecified atom stereocenters. The van der Waals surface area contributed by atoms with Crippen LogP contribution in [-0.2, 0) is 17.6 Å². The van der Waals surface area contributed by atoms with Crippen LogP contribution < -0.4 is 16.0 Å². The third-order valence-electron chi connectivity index (χ3n) is 5.44. The smallest absolute Gasteiger partial charge is 0.321 e. The Morgan fingerprint density at radius 2 is 1.94 bits per heavy atom. The van der Waals surface area contributed by atoms with Gasteiger partial charge in [0, 0.05) is 30.8 Å². The van der Waals surface area contributed by atoms with Gasteiger partial charge in [-0.1, -0.05) is 31.4 Å². The zero-order valence-electron chi connectivity index (χ0n) is 17.4. The second-order valence-corrected chi connectivity index (χ2v) is 8.74. The summed E-state index contributed by atoms with van der Waals surface area (Å²) >= 11 is 1.38. The minimum atomic E-state index is -0.198.